The van der Waals surface area contributed by atoms with Gasteiger partial charge < -0.3 is 23.9 Å². The summed E-state index contributed by atoms with van der Waals surface area (Å²) in [6.07, 6.45) is 1.42. The first kappa shape index (κ1) is 21.6. The number of amides is 1. The lowest BCUT2D eigenvalue weighted by Crippen LogP contribution is -2.09. The maximum Gasteiger partial charge on any atom is 0.348 e. The fourth-order valence-electron chi connectivity index (χ4n) is 2.78. The van der Waals surface area contributed by atoms with Gasteiger partial charge >= 0.3 is 5.97 Å². The van der Waals surface area contributed by atoms with E-state index in [4.69, 9.17) is 18.6 Å². The van der Waals surface area contributed by atoms with Crippen LogP contribution < -0.4 is 14.8 Å². The fraction of sp³-hybridized carbons (Fsp3) is 0.136. The van der Waals surface area contributed by atoms with Gasteiger partial charge in [0.1, 0.15) is 16.5 Å². The van der Waals surface area contributed by atoms with E-state index in [9.17, 15) is 9.59 Å². The summed E-state index contributed by atoms with van der Waals surface area (Å²) < 4.78 is 21.0. The molecule has 0 atom stereocenters. The number of aromatic nitrogens is 1. The van der Waals surface area contributed by atoms with Gasteiger partial charge in [-0.05, 0) is 42.5 Å². The van der Waals surface area contributed by atoms with Crippen LogP contribution in [0.3, 0.4) is 0 Å². The first-order valence-electron chi connectivity index (χ1n) is 9.36. The van der Waals surface area contributed by atoms with E-state index in [-0.39, 0.29) is 18.3 Å². The molecule has 32 heavy (non-hydrogen) atoms. The lowest BCUT2D eigenvalue weighted by molar-refractivity contribution is 0.0474. The summed E-state index contributed by atoms with van der Waals surface area (Å²) in [5, 5.41) is 5.81. The molecule has 10 heteroatoms. The van der Waals surface area contributed by atoms with Crippen molar-refractivity contribution in [3.8, 4) is 22.1 Å². The first-order valence-corrected chi connectivity index (χ1v) is 11.1. The molecule has 3 aromatic heterocycles. The molecule has 0 radical (unpaired) electrons. The molecule has 4 aromatic rings. The average Bonchev–Trinajstić information content (AvgIpc) is 3.59. The highest BCUT2D eigenvalue weighted by Gasteiger charge is 2.15. The number of nitrogens with zero attached hydrogens (tertiary/aromatic N) is 1. The van der Waals surface area contributed by atoms with Gasteiger partial charge in [-0.25, -0.2) is 9.78 Å². The Labute approximate surface area is 191 Å². The van der Waals surface area contributed by atoms with Crippen molar-refractivity contribution in [1.29, 1.82) is 0 Å². The van der Waals surface area contributed by atoms with E-state index in [1.54, 1.807) is 38.5 Å². The maximum absolute atomic E-state index is 12.4. The quantitative estimate of drug-likeness (QED) is 0.358. The standard InChI is InChI=1S/C22H18N2O6S2/c1-27-15-6-5-13(10-17(15)28-2)21-23-14(12-31-21)11-30-22(26)18-7-8-19(32-18)24-20(25)16-4-3-9-29-16/h3-10,12H,11H2,1-2H3,(H,24,25). The Morgan fingerprint density at radius 3 is 2.69 bits per heavy atom. The molecule has 1 N–H and O–H groups in total. The number of thiophene rings is 1. The third kappa shape index (κ3) is 4.82. The molecule has 0 aliphatic heterocycles. The number of carbonyl (C=O) groups is 2. The summed E-state index contributed by atoms with van der Waals surface area (Å²) in [5.74, 6) is 0.561. The Kier molecular flexibility index (Phi) is 6.52. The van der Waals surface area contributed by atoms with Gasteiger partial charge in [0.2, 0.25) is 0 Å². The van der Waals surface area contributed by atoms with E-state index < -0.39 is 5.97 Å². The fourth-order valence-corrected chi connectivity index (χ4v) is 4.38. The van der Waals surface area contributed by atoms with Crippen LogP contribution in [0.1, 0.15) is 25.9 Å². The summed E-state index contributed by atoms with van der Waals surface area (Å²) in [5.41, 5.74) is 1.51. The molecule has 0 aliphatic rings. The Morgan fingerprint density at radius 1 is 1.09 bits per heavy atom. The molecule has 1 aromatic carbocycles. The first-order chi connectivity index (χ1) is 15.6. The van der Waals surface area contributed by atoms with Crippen molar-refractivity contribution in [2.45, 2.75) is 6.61 Å². The molecule has 8 nitrogen and oxygen atoms in total. The largest absolute Gasteiger partial charge is 0.493 e. The molecule has 4 rings (SSSR count). The minimum absolute atomic E-state index is 0.0363. The number of benzene rings is 1. The number of hydrogen-bond donors (Lipinski definition) is 1. The third-order valence-corrected chi connectivity index (χ3v) is 6.24. The molecular formula is C22H18N2O6S2. The van der Waals surface area contributed by atoms with Crippen LogP contribution in [0.5, 0.6) is 11.5 Å². The zero-order chi connectivity index (χ0) is 22.5. The average molecular weight is 471 g/mol. The number of methoxy groups -OCH3 is 2. The predicted octanol–water partition coefficient (Wildman–Crippen LogP) is 5.09. The Hall–Kier alpha value is -3.63. The maximum atomic E-state index is 12.4. The van der Waals surface area contributed by atoms with Gasteiger partial charge in [-0.3, -0.25) is 4.79 Å². The highest BCUT2D eigenvalue weighted by Crippen LogP contribution is 2.33. The third-order valence-electron chi connectivity index (χ3n) is 4.32. The van der Waals surface area contributed by atoms with Gasteiger partial charge in [0.15, 0.2) is 17.3 Å². The zero-order valence-corrected chi connectivity index (χ0v) is 18.7. The number of furan rings is 1. The predicted molar refractivity (Wildman–Crippen MR) is 121 cm³/mol. The van der Waals surface area contributed by atoms with E-state index in [2.05, 4.69) is 10.3 Å². The number of anilines is 1. The summed E-state index contributed by atoms with van der Waals surface area (Å²) >= 11 is 2.56. The van der Waals surface area contributed by atoms with Crippen molar-refractivity contribution >= 4 is 39.6 Å². The SMILES string of the molecule is COc1ccc(-c2nc(COC(=O)c3ccc(NC(=O)c4ccco4)s3)cs2)cc1OC. The molecule has 0 bridgehead atoms. The summed E-state index contributed by atoms with van der Waals surface area (Å²) in [4.78, 5) is 29.3. The van der Waals surface area contributed by atoms with Gasteiger partial charge in [-0.15, -0.1) is 22.7 Å². The molecule has 0 fully saturated rings. The number of thiazole rings is 1. The minimum Gasteiger partial charge on any atom is -0.493 e. The molecule has 1 amide bonds. The van der Waals surface area contributed by atoms with Crippen LogP contribution in [-0.2, 0) is 11.3 Å². The van der Waals surface area contributed by atoms with Crippen molar-refractivity contribution in [1.82, 2.24) is 4.98 Å². The lowest BCUT2D eigenvalue weighted by atomic mass is 10.2. The number of nitrogens with one attached hydrogen (secondary N) is 1. The molecule has 164 valence electrons. The molecule has 0 spiro atoms. The normalized spacial score (nSPS) is 10.6. The van der Waals surface area contributed by atoms with E-state index in [0.29, 0.717) is 27.1 Å². The van der Waals surface area contributed by atoms with Crippen LogP contribution in [0, 0.1) is 0 Å². The molecule has 3 heterocycles. The molecule has 0 saturated heterocycles. The summed E-state index contributed by atoms with van der Waals surface area (Å²) in [6.45, 7) is 0.0363. The second kappa shape index (κ2) is 9.67. The number of esters is 1. The van der Waals surface area contributed by atoms with Crippen LogP contribution in [0.2, 0.25) is 0 Å². The van der Waals surface area contributed by atoms with Crippen LogP contribution in [0.4, 0.5) is 5.00 Å². The Morgan fingerprint density at radius 2 is 1.94 bits per heavy atom. The van der Waals surface area contributed by atoms with E-state index in [1.165, 1.54) is 17.6 Å². The summed E-state index contributed by atoms with van der Waals surface area (Å²) in [6, 6.07) is 12.0. The van der Waals surface area contributed by atoms with Crippen molar-refractivity contribution in [2.24, 2.45) is 0 Å². The van der Waals surface area contributed by atoms with Gasteiger partial charge in [0.05, 0.1) is 31.2 Å². The number of carbonyl (C=O) groups excluding carboxylic acids is 2. The molecule has 0 aliphatic carbocycles. The Bertz CT molecular complexity index is 1230. The monoisotopic (exact) mass is 470 g/mol. The van der Waals surface area contributed by atoms with E-state index in [0.717, 1.165) is 21.9 Å². The van der Waals surface area contributed by atoms with Crippen LogP contribution in [-0.4, -0.2) is 31.1 Å². The second-order valence-corrected chi connectivity index (χ2v) is 8.33. The van der Waals surface area contributed by atoms with Crippen molar-refractivity contribution in [3.05, 3.63) is 70.4 Å². The second-order valence-electron chi connectivity index (χ2n) is 6.39. The van der Waals surface area contributed by atoms with Crippen molar-refractivity contribution in [3.63, 3.8) is 0 Å². The van der Waals surface area contributed by atoms with Gasteiger partial charge in [0, 0.05) is 10.9 Å². The topological polar surface area (TPSA) is 99.9 Å². The van der Waals surface area contributed by atoms with Crippen LogP contribution in [0.25, 0.3) is 10.6 Å². The smallest absolute Gasteiger partial charge is 0.348 e. The van der Waals surface area contributed by atoms with Gasteiger partial charge in [-0.2, -0.15) is 0 Å². The van der Waals surface area contributed by atoms with Gasteiger partial charge in [-0.1, -0.05) is 0 Å². The Balaban J connectivity index is 1.36. The van der Waals surface area contributed by atoms with Crippen molar-refractivity contribution in [2.75, 3.05) is 19.5 Å². The zero-order valence-electron chi connectivity index (χ0n) is 17.1. The molecular weight excluding hydrogens is 452 g/mol. The molecule has 0 saturated carbocycles. The van der Waals surface area contributed by atoms with E-state index >= 15 is 0 Å². The highest BCUT2D eigenvalue weighted by molar-refractivity contribution is 7.18. The van der Waals surface area contributed by atoms with Gasteiger partial charge in [0.25, 0.3) is 5.91 Å². The number of hydrogen-bond acceptors (Lipinski definition) is 9. The summed E-state index contributed by atoms with van der Waals surface area (Å²) in [7, 11) is 3.16. The van der Waals surface area contributed by atoms with E-state index in [1.807, 2.05) is 23.6 Å². The van der Waals surface area contributed by atoms with Crippen LogP contribution >= 0.6 is 22.7 Å². The highest BCUT2D eigenvalue weighted by atomic mass is 32.1. The van der Waals surface area contributed by atoms with Crippen molar-refractivity contribution < 1.29 is 28.2 Å². The minimum atomic E-state index is -0.492. The molecule has 0 unspecified atom stereocenters. The lowest BCUT2D eigenvalue weighted by Gasteiger charge is -2.08. The number of ether oxygens (including phenoxy) is 3. The number of rotatable bonds is 8. The van der Waals surface area contributed by atoms with Crippen LogP contribution in [0.15, 0.2) is 58.5 Å².